The summed E-state index contributed by atoms with van der Waals surface area (Å²) in [5.74, 6) is 0.804. The van der Waals surface area contributed by atoms with Crippen LogP contribution in [0.2, 0.25) is 10.0 Å². The molecule has 0 saturated carbocycles. The molecule has 2 N–H and O–H groups in total. The Morgan fingerprint density at radius 1 is 1.23 bits per heavy atom. The van der Waals surface area contributed by atoms with Crippen molar-refractivity contribution in [2.75, 3.05) is 13.7 Å². The van der Waals surface area contributed by atoms with E-state index in [0.717, 1.165) is 29.7 Å². The lowest BCUT2D eigenvalue weighted by Gasteiger charge is -2.37. The Hall–Kier alpha value is -2.66. The lowest BCUT2D eigenvalue weighted by Crippen LogP contribution is -2.36. The number of halogens is 3. The Kier molecular flexibility index (Phi) is 7.65. The van der Waals surface area contributed by atoms with E-state index in [1.165, 1.54) is 0 Å². The van der Waals surface area contributed by atoms with Crippen LogP contribution in [0, 0.1) is 11.3 Å². The fourth-order valence-electron chi connectivity index (χ4n) is 4.54. The summed E-state index contributed by atoms with van der Waals surface area (Å²) in [4.78, 5) is 14.8. The third kappa shape index (κ3) is 4.88. The minimum Gasteiger partial charge on any atom is -0.490 e. The number of ether oxygens (including phenoxy) is 2. The van der Waals surface area contributed by atoms with Gasteiger partial charge in [0.25, 0.3) is 0 Å². The van der Waals surface area contributed by atoms with E-state index in [-0.39, 0.29) is 12.4 Å². The number of nitrogens with two attached hydrogens (primary N) is 1. The Labute approximate surface area is 223 Å². The van der Waals surface area contributed by atoms with E-state index < -0.39 is 5.92 Å². The van der Waals surface area contributed by atoms with Crippen LogP contribution in [0.15, 0.2) is 57.5 Å². The molecule has 1 aliphatic carbocycles. The number of carbonyl (C=O) groups is 1. The molecule has 2 aromatic carbocycles. The summed E-state index contributed by atoms with van der Waals surface area (Å²) < 4.78 is 12.6. The fourth-order valence-corrected chi connectivity index (χ4v) is 5.58. The van der Waals surface area contributed by atoms with Crippen LogP contribution in [-0.2, 0) is 11.4 Å². The molecule has 0 fully saturated rings. The van der Waals surface area contributed by atoms with Crippen molar-refractivity contribution in [2.45, 2.75) is 38.7 Å². The normalized spacial score (nSPS) is 17.9. The number of hydrogen-bond donors (Lipinski definition) is 1. The molecule has 6 nitrogen and oxygen atoms in total. The van der Waals surface area contributed by atoms with Crippen LogP contribution in [0.5, 0.6) is 11.5 Å². The van der Waals surface area contributed by atoms with Gasteiger partial charge in [0.05, 0.1) is 28.6 Å². The molecule has 9 heteroatoms. The van der Waals surface area contributed by atoms with E-state index in [0.29, 0.717) is 56.0 Å². The zero-order chi connectivity index (χ0) is 25.3. The van der Waals surface area contributed by atoms with Crippen LogP contribution < -0.4 is 15.2 Å². The lowest BCUT2D eigenvalue weighted by atomic mass is 9.76. The first-order valence-corrected chi connectivity index (χ1v) is 12.7. The minimum atomic E-state index is -0.575. The molecule has 1 heterocycles. The largest absolute Gasteiger partial charge is 0.490 e. The molecule has 0 radical (unpaired) electrons. The van der Waals surface area contributed by atoms with Gasteiger partial charge in [-0.25, -0.2) is 0 Å². The molecule has 35 heavy (non-hydrogen) atoms. The highest BCUT2D eigenvalue weighted by atomic mass is 79.9. The number of Topliss-reactive ketones (excluding diaryl/α,β-unsaturated/α-hetero) is 1. The highest BCUT2D eigenvalue weighted by Gasteiger charge is 2.39. The second-order valence-corrected chi connectivity index (χ2v) is 10.0. The highest BCUT2D eigenvalue weighted by molar-refractivity contribution is 9.10. The predicted molar refractivity (Wildman–Crippen MR) is 139 cm³/mol. The minimum absolute atomic E-state index is 0.0372. The van der Waals surface area contributed by atoms with Crippen LogP contribution in [-0.4, -0.2) is 24.3 Å². The van der Waals surface area contributed by atoms with E-state index in [1.807, 2.05) is 19.1 Å². The fraction of sp³-hybridized carbons (Fsp3) is 0.308. The van der Waals surface area contributed by atoms with Crippen molar-refractivity contribution in [3.8, 4) is 17.6 Å². The summed E-state index contributed by atoms with van der Waals surface area (Å²) in [6.45, 7) is 2.48. The van der Waals surface area contributed by atoms with Crippen molar-refractivity contribution >= 4 is 44.9 Å². The number of allylic oxidation sites excluding steroid dienone is 3. The number of rotatable bonds is 6. The lowest BCUT2D eigenvalue weighted by molar-refractivity contribution is -0.116. The number of nitrogens with zero attached hydrogens (tertiary/aromatic N) is 2. The summed E-state index contributed by atoms with van der Waals surface area (Å²) in [7, 11) is 1.80. The quantitative estimate of drug-likeness (QED) is 0.424. The van der Waals surface area contributed by atoms with Gasteiger partial charge in [-0.2, -0.15) is 5.26 Å². The highest BCUT2D eigenvalue weighted by Crippen LogP contribution is 2.47. The summed E-state index contributed by atoms with van der Waals surface area (Å²) in [6.07, 6.45) is 1.94. The van der Waals surface area contributed by atoms with E-state index in [1.54, 1.807) is 30.1 Å². The van der Waals surface area contributed by atoms with Gasteiger partial charge in [-0.15, -0.1) is 0 Å². The second kappa shape index (κ2) is 10.5. The number of carbonyl (C=O) groups excluding carboxylic acids is 1. The third-order valence-corrected chi connectivity index (χ3v) is 7.40. The van der Waals surface area contributed by atoms with Gasteiger partial charge in [-0.1, -0.05) is 29.3 Å². The van der Waals surface area contributed by atoms with Gasteiger partial charge < -0.3 is 20.1 Å². The molecule has 0 spiro atoms. The molecular weight excluding hydrogens is 553 g/mol. The number of benzene rings is 2. The van der Waals surface area contributed by atoms with Crippen molar-refractivity contribution in [3.05, 3.63) is 78.6 Å². The van der Waals surface area contributed by atoms with Crippen LogP contribution in [0.3, 0.4) is 0 Å². The first-order chi connectivity index (χ1) is 16.8. The average Bonchev–Trinajstić information content (AvgIpc) is 2.82. The van der Waals surface area contributed by atoms with Gasteiger partial charge in [-0.3, -0.25) is 4.79 Å². The number of ketones is 1. The van der Waals surface area contributed by atoms with Gasteiger partial charge >= 0.3 is 0 Å². The monoisotopic (exact) mass is 575 g/mol. The molecule has 0 unspecified atom stereocenters. The molecule has 2 aliphatic rings. The molecule has 0 amide bonds. The molecule has 0 bridgehead atoms. The van der Waals surface area contributed by atoms with E-state index in [2.05, 4.69) is 22.0 Å². The van der Waals surface area contributed by atoms with Crippen molar-refractivity contribution in [2.24, 2.45) is 5.73 Å². The Bertz CT molecular complexity index is 1300. The molecule has 1 atom stereocenters. The number of hydrogen-bond acceptors (Lipinski definition) is 6. The van der Waals surface area contributed by atoms with Crippen LogP contribution in [0.1, 0.15) is 43.2 Å². The molecule has 1 aliphatic heterocycles. The molecule has 4 rings (SSSR count). The van der Waals surface area contributed by atoms with Crippen LogP contribution in [0.25, 0.3) is 0 Å². The molecule has 0 aromatic heterocycles. The predicted octanol–water partition coefficient (Wildman–Crippen LogP) is 6.46. The van der Waals surface area contributed by atoms with Crippen molar-refractivity contribution in [1.82, 2.24) is 4.90 Å². The molecule has 182 valence electrons. The Morgan fingerprint density at radius 2 is 2.00 bits per heavy atom. The van der Waals surface area contributed by atoms with Crippen molar-refractivity contribution < 1.29 is 14.3 Å². The van der Waals surface area contributed by atoms with Crippen molar-refractivity contribution in [1.29, 1.82) is 5.26 Å². The molecule has 2 aromatic rings. The first kappa shape index (κ1) is 25.4. The first-order valence-electron chi connectivity index (χ1n) is 11.2. The van der Waals surface area contributed by atoms with Crippen LogP contribution in [0.4, 0.5) is 0 Å². The third-order valence-electron chi connectivity index (χ3n) is 6.22. The summed E-state index contributed by atoms with van der Waals surface area (Å²) in [6, 6.07) is 11.1. The van der Waals surface area contributed by atoms with Gasteiger partial charge in [0.15, 0.2) is 17.3 Å². The maximum atomic E-state index is 13.1. The zero-order valence-electron chi connectivity index (χ0n) is 19.3. The summed E-state index contributed by atoms with van der Waals surface area (Å²) >= 11 is 15.9. The average molecular weight is 577 g/mol. The van der Waals surface area contributed by atoms with Gasteiger partial charge in [0, 0.05) is 40.3 Å². The Morgan fingerprint density at radius 3 is 2.69 bits per heavy atom. The molecular formula is C26H24BrCl2N3O3. The van der Waals surface area contributed by atoms with E-state index in [9.17, 15) is 10.1 Å². The Balaban J connectivity index is 1.78. The standard InChI is InChI=1S/C26H24BrCl2N3O3/c1-3-34-22-10-15(9-18(27)25(22)35-13-14-7-8-16(28)11-19(14)29)23-17(12-30)26(31)32(2)20-5-4-6-21(33)24(20)23/h7-11,23H,3-6,13,31H2,1-2H3/t23-/m0/s1. The maximum Gasteiger partial charge on any atom is 0.175 e. The maximum absolute atomic E-state index is 13.1. The van der Waals surface area contributed by atoms with Gasteiger partial charge in [0.1, 0.15) is 12.4 Å². The SMILES string of the molecule is CCOc1cc([C@H]2C(C#N)=C(N)N(C)C3=C2C(=O)CCC3)cc(Br)c1OCc1ccc(Cl)cc1Cl. The van der Waals surface area contributed by atoms with Crippen LogP contribution >= 0.6 is 39.1 Å². The summed E-state index contributed by atoms with van der Waals surface area (Å²) in [5, 5.41) is 11.1. The van der Waals surface area contributed by atoms with Gasteiger partial charge in [0.2, 0.25) is 0 Å². The van der Waals surface area contributed by atoms with E-state index in [4.69, 9.17) is 38.4 Å². The van der Waals surface area contributed by atoms with E-state index >= 15 is 0 Å². The van der Waals surface area contributed by atoms with Gasteiger partial charge in [-0.05, 0) is 65.5 Å². The molecule has 0 saturated heterocycles. The summed E-state index contributed by atoms with van der Waals surface area (Å²) in [5.41, 5.74) is 9.71. The topological polar surface area (TPSA) is 88.6 Å². The van der Waals surface area contributed by atoms with Crippen molar-refractivity contribution in [3.63, 3.8) is 0 Å². The number of nitriles is 1. The zero-order valence-corrected chi connectivity index (χ0v) is 22.4. The smallest absolute Gasteiger partial charge is 0.175 e. The second-order valence-electron chi connectivity index (χ2n) is 8.33.